The maximum atomic E-state index is 11.4. The standard InChI is InChI=1S/C16H27NO5/c1-2-14(22-16(20)8-7-15(18)19)6-4-3-5-9-17-10-12-21-13-11-17/h7-8,14H,2-6,9-13H2,1H3,(H,18,19)/b8-7+. The summed E-state index contributed by atoms with van der Waals surface area (Å²) in [5.41, 5.74) is 0. The molecule has 1 fully saturated rings. The van der Waals surface area contributed by atoms with Crippen LogP contribution in [-0.2, 0) is 19.1 Å². The van der Waals surface area contributed by atoms with Gasteiger partial charge in [0.05, 0.1) is 13.2 Å². The molecule has 0 radical (unpaired) electrons. The number of unbranched alkanes of at least 4 members (excludes halogenated alkanes) is 2. The molecular weight excluding hydrogens is 286 g/mol. The first-order chi connectivity index (χ1) is 10.6. The molecule has 0 aromatic heterocycles. The van der Waals surface area contributed by atoms with Crippen LogP contribution in [0.3, 0.4) is 0 Å². The van der Waals surface area contributed by atoms with Crippen molar-refractivity contribution >= 4 is 11.9 Å². The number of carbonyl (C=O) groups is 2. The van der Waals surface area contributed by atoms with Crippen LogP contribution >= 0.6 is 0 Å². The zero-order valence-corrected chi connectivity index (χ0v) is 13.3. The topological polar surface area (TPSA) is 76.1 Å². The maximum absolute atomic E-state index is 11.4. The molecule has 1 atom stereocenters. The first-order valence-corrected chi connectivity index (χ1v) is 8.03. The second-order valence-corrected chi connectivity index (χ2v) is 5.44. The highest BCUT2D eigenvalue weighted by Gasteiger charge is 2.12. The molecular formula is C16H27NO5. The van der Waals surface area contributed by atoms with Crippen molar-refractivity contribution in [3.8, 4) is 0 Å². The Bertz CT molecular complexity index is 364. The van der Waals surface area contributed by atoms with Crippen molar-refractivity contribution in [1.82, 2.24) is 4.90 Å². The summed E-state index contributed by atoms with van der Waals surface area (Å²) < 4.78 is 10.5. The number of rotatable bonds is 10. The quantitative estimate of drug-likeness (QED) is 0.377. The molecule has 6 heteroatoms. The summed E-state index contributed by atoms with van der Waals surface area (Å²) in [6.07, 6.45) is 6.47. The van der Waals surface area contributed by atoms with Crippen molar-refractivity contribution in [2.75, 3.05) is 32.8 Å². The summed E-state index contributed by atoms with van der Waals surface area (Å²) in [4.78, 5) is 24.2. The van der Waals surface area contributed by atoms with E-state index in [1.54, 1.807) is 0 Å². The van der Waals surface area contributed by atoms with Gasteiger partial charge in [-0.15, -0.1) is 0 Å². The molecule has 1 saturated heterocycles. The molecule has 22 heavy (non-hydrogen) atoms. The summed E-state index contributed by atoms with van der Waals surface area (Å²) in [7, 11) is 0. The molecule has 1 unspecified atom stereocenters. The van der Waals surface area contributed by atoms with Gasteiger partial charge in [-0.1, -0.05) is 13.3 Å². The lowest BCUT2D eigenvalue weighted by atomic mass is 10.1. The van der Waals surface area contributed by atoms with Crippen molar-refractivity contribution in [3.63, 3.8) is 0 Å². The number of aliphatic carboxylic acids is 1. The number of carbonyl (C=O) groups excluding carboxylic acids is 1. The van der Waals surface area contributed by atoms with Gasteiger partial charge in [-0.3, -0.25) is 4.90 Å². The molecule has 1 rings (SSSR count). The molecule has 0 spiro atoms. The van der Waals surface area contributed by atoms with Crippen molar-refractivity contribution in [2.24, 2.45) is 0 Å². The number of ether oxygens (including phenoxy) is 2. The van der Waals surface area contributed by atoms with E-state index in [0.717, 1.165) is 77.1 Å². The van der Waals surface area contributed by atoms with Gasteiger partial charge in [0.25, 0.3) is 0 Å². The van der Waals surface area contributed by atoms with Crippen LogP contribution in [0.2, 0.25) is 0 Å². The monoisotopic (exact) mass is 313 g/mol. The molecule has 1 aliphatic rings. The minimum Gasteiger partial charge on any atom is -0.478 e. The van der Waals surface area contributed by atoms with E-state index in [-0.39, 0.29) is 6.10 Å². The lowest BCUT2D eigenvalue weighted by Crippen LogP contribution is -2.36. The molecule has 0 amide bonds. The molecule has 6 nitrogen and oxygen atoms in total. The van der Waals surface area contributed by atoms with Crippen molar-refractivity contribution in [1.29, 1.82) is 0 Å². The summed E-state index contributed by atoms with van der Waals surface area (Å²) in [6, 6.07) is 0. The van der Waals surface area contributed by atoms with Crippen LogP contribution < -0.4 is 0 Å². The number of hydrogen-bond donors (Lipinski definition) is 1. The van der Waals surface area contributed by atoms with Crippen LogP contribution in [0, 0.1) is 0 Å². The Labute approximate surface area is 132 Å². The van der Waals surface area contributed by atoms with Crippen LogP contribution in [0.15, 0.2) is 12.2 Å². The van der Waals surface area contributed by atoms with Crippen molar-refractivity contribution in [3.05, 3.63) is 12.2 Å². The van der Waals surface area contributed by atoms with Gasteiger partial charge in [-0.2, -0.15) is 0 Å². The zero-order valence-electron chi connectivity index (χ0n) is 13.3. The van der Waals surface area contributed by atoms with Gasteiger partial charge in [0.2, 0.25) is 0 Å². The van der Waals surface area contributed by atoms with Crippen molar-refractivity contribution < 1.29 is 24.2 Å². The Balaban J connectivity index is 2.10. The number of carboxylic acid groups (broad SMARTS) is 1. The van der Waals surface area contributed by atoms with Gasteiger partial charge in [0.15, 0.2) is 0 Å². The zero-order chi connectivity index (χ0) is 16.2. The molecule has 0 aromatic rings. The highest BCUT2D eigenvalue weighted by atomic mass is 16.5. The first-order valence-electron chi connectivity index (χ1n) is 8.03. The Morgan fingerprint density at radius 1 is 1.23 bits per heavy atom. The fraction of sp³-hybridized carbons (Fsp3) is 0.750. The van der Waals surface area contributed by atoms with Gasteiger partial charge in [-0.05, 0) is 32.2 Å². The van der Waals surface area contributed by atoms with Gasteiger partial charge >= 0.3 is 11.9 Å². The van der Waals surface area contributed by atoms with Crippen LogP contribution in [0.5, 0.6) is 0 Å². The predicted octanol–water partition coefficient (Wildman–Crippen LogP) is 1.84. The molecule has 0 bridgehead atoms. The third-order valence-electron chi connectivity index (χ3n) is 3.70. The van der Waals surface area contributed by atoms with Gasteiger partial charge in [0.1, 0.15) is 6.10 Å². The number of morpholine rings is 1. The van der Waals surface area contributed by atoms with Gasteiger partial charge < -0.3 is 14.6 Å². The van der Waals surface area contributed by atoms with Crippen LogP contribution in [0.4, 0.5) is 0 Å². The maximum Gasteiger partial charge on any atom is 0.331 e. The van der Waals surface area contributed by atoms with E-state index in [1.165, 1.54) is 0 Å². The van der Waals surface area contributed by atoms with E-state index < -0.39 is 11.9 Å². The summed E-state index contributed by atoms with van der Waals surface area (Å²) in [6.45, 7) is 6.76. The number of carboxylic acids is 1. The van der Waals surface area contributed by atoms with Crippen molar-refractivity contribution in [2.45, 2.75) is 45.1 Å². The molecule has 126 valence electrons. The molecule has 1 N–H and O–H groups in total. The van der Waals surface area contributed by atoms with E-state index in [2.05, 4.69) is 4.90 Å². The van der Waals surface area contributed by atoms with Crippen LogP contribution in [0.1, 0.15) is 39.0 Å². The van der Waals surface area contributed by atoms with Crippen LogP contribution in [0.25, 0.3) is 0 Å². The second kappa shape index (κ2) is 11.2. The van der Waals surface area contributed by atoms with E-state index in [1.807, 2.05) is 6.92 Å². The molecule has 1 heterocycles. The molecule has 0 aromatic carbocycles. The highest BCUT2D eigenvalue weighted by molar-refractivity contribution is 5.90. The first kappa shape index (κ1) is 18.6. The average Bonchev–Trinajstić information content (AvgIpc) is 2.52. The van der Waals surface area contributed by atoms with E-state index in [9.17, 15) is 9.59 Å². The summed E-state index contributed by atoms with van der Waals surface area (Å²) in [5.74, 6) is -1.73. The SMILES string of the molecule is CCC(CCCCCN1CCOCC1)OC(=O)/C=C/C(=O)O. The Hall–Kier alpha value is -1.40. The number of esters is 1. The number of nitrogens with zero attached hydrogens (tertiary/aromatic N) is 1. The van der Waals surface area contributed by atoms with E-state index >= 15 is 0 Å². The third kappa shape index (κ3) is 8.79. The normalized spacial score (nSPS) is 17.5. The largest absolute Gasteiger partial charge is 0.478 e. The Morgan fingerprint density at radius 3 is 2.59 bits per heavy atom. The average molecular weight is 313 g/mol. The summed E-state index contributed by atoms with van der Waals surface area (Å²) in [5, 5.41) is 8.46. The van der Waals surface area contributed by atoms with E-state index in [0.29, 0.717) is 0 Å². The lowest BCUT2D eigenvalue weighted by Gasteiger charge is -2.26. The van der Waals surface area contributed by atoms with Gasteiger partial charge in [0, 0.05) is 25.2 Å². The second-order valence-electron chi connectivity index (χ2n) is 5.44. The van der Waals surface area contributed by atoms with Crippen LogP contribution in [-0.4, -0.2) is 60.9 Å². The fourth-order valence-corrected chi connectivity index (χ4v) is 2.40. The highest BCUT2D eigenvalue weighted by Crippen LogP contribution is 2.11. The smallest absolute Gasteiger partial charge is 0.331 e. The Kier molecular flexibility index (Phi) is 9.50. The lowest BCUT2D eigenvalue weighted by molar-refractivity contribution is -0.144. The molecule has 0 aliphatic carbocycles. The van der Waals surface area contributed by atoms with Gasteiger partial charge in [-0.25, -0.2) is 9.59 Å². The predicted molar refractivity (Wildman–Crippen MR) is 82.7 cm³/mol. The summed E-state index contributed by atoms with van der Waals surface area (Å²) >= 11 is 0. The third-order valence-corrected chi connectivity index (χ3v) is 3.70. The Morgan fingerprint density at radius 2 is 1.95 bits per heavy atom. The fourth-order valence-electron chi connectivity index (χ4n) is 2.40. The number of hydrogen-bond acceptors (Lipinski definition) is 5. The minimum absolute atomic E-state index is 0.130. The molecule has 0 saturated carbocycles. The molecule has 1 aliphatic heterocycles. The van der Waals surface area contributed by atoms with E-state index in [4.69, 9.17) is 14.6 Å². The minimum atomic E-state index is -1.15.